The van der Waals surface area contributed by atoms with Crippen LogP contribution in [0.3, 0.4) is 0 Å². The fourth-order valence-electron chi connectivity index (χ4n) is 6.30. The van der Waals surface area contributed by atoms with Crippen molar-refractivity contribution in [1.29, 1.82) is 5.26 Å². The fourth-order valence-corrected chi connectivity index (χ4v) is 6.30. The van der Waals surface area contributed by atoms with E-state index < -0.39 is 36.8 Å². The number of alkyl halides is 2. The van der Waals surface area contributed by atoms with Gasteiger partial charge in [-0.05, 0) is 57.8 Å². The van der Waals surface area contributed by atoms with E-state index in [-0.39, 0.29) is 42.5 Å². The van der Waals surface area contributed by atoms with E-state index in [2.05, 4.69) is 16.7 Å². The van der Waals surface area contributed by atoms with Crippen molar-refractivity contribution in [2.75, 3.05) is 6.61 Å². The van der Waals surface area contributed by atoms with Gasteiger partial charge in [-0.1, -0.05) is 5.57 Å². The van der Waals surface area contributed by atoms with Crippen LogP contribution in [-0.2, 0) is 9.59 Å². The van der Waals surface area contributed by atoms with E-state index in [0.29, 0.717) is 37.2 Å². The highest BCUT2D eigenvalue weighted by atomic mass is 19.1. The molecule has 1 heterocycles. The van der Waals surface area contributed by atoms with Gasteiger partial charge < -0.3 is 15.7 Å². The maximum Gasteiger partial charge on any atom is 0.247 e. The van der Waals surface area contributed by atoms with Crippen LogP contribution in [0.1, 0.15) is 58.3 Å². The zero-order valence-electron chi connectivity index (χ0n) is 18.5. The number of halogens is 2. The van der Waals surface area contributed by atoms with Crippen molar-refractivity contribution in [3.63, 3.8) is 0 Å². The summed E-state index contributed by atoms with van der Waals surface area (Å²) in [4.78, 5) is 25.6. The zero-order chi connectivity index (χ0) is 23.0. The molecular weight excluding hydrogens is 416 g/mol. The minimum Gasteiger partial charge on any atom is -0.394 e. The summed E-state index contributed by atoms with van der Waals surface area (Å²) >= 11 is 0. The Labute approximate surface area is 187 Å². The second-order valence-corrected chi connectivity index (χ2v) is 10.1. The lowest BCUT2D eigenvalue weighted by atomic mass is 9.66. The largest absolute Gasteiger partial charge is 0.394 e. The highest BCUT2D eigenvalue weighted by molar-refractivity contribution is 6.00. The molecular formula is C24H33F2N3O3. The monoisotopic (exact) mass is 449 g/mol. The number of aliphatic hydroxyl groups is 1. The molecule has 8 heteroatoms. The van der Waals surface area contributed by atoms with Crippen molar-refractivity contribution in [2.24, 2.45) is 29.6 Å². The van der Waals surface area contributed by atoms with Crippen LogP contribution in [0.2, 0.25) is 0 Å². The molecule has 4 rings (SSSR count). The molecule has 3 N–H and O–H groups in total. The predicted molar refractivity (Wildman–Crippen MR) is 113 cm³/mol. The van der Waals surface area contributed by atoms with E-state index in [0.717, 1.165) is 18.4 Å². The van der Waals surface area contributed by atoms with Crippen LogP contribution in [0.5, 0.6) is 0 Å². The molecule has 32 heavy (non-hydrogen) atoms. The summed E-state index contributed by atoms with van der Waals surface area (Å²) in [6, 6.07) is 1.25. The molecule has 0 aromatic heterocycles. The number of hydrogen-bond donors (Lipinski definition) is 3. The molecule has 0 aromatic carbocycles. The van der Waals surface area contributed by atoms with E-state index in [1.165, 1.54) is 0 Å². The summed E-state index contributed by atoms with van der Waals surface area (Å²) in [7, 11) is 0. The third-order valence-electron chi connectivity index (χ3n) is 8.15. The van der Waals surface area contributed by atoms with Crippen molar-refractivity contribution < 1.29 is 23.5 Å². The van der Waals surface area contributed by atoms with Crippen molar-refractivity contribution in [3.8, 4) is 6.07 Å². The van der Waals surface area contributed by atoms with Crippen LogP contribution in [0.4, 0.5) is 8.78 Å². The van der Waals surface area contributed by atoms with E-state index in [1.54, 1.807) is 0 Å². The number of nitriles is 1. The molecule has 0 bridgehead atoms. The van der Waals surface area contributed by atoms with Gasteiger partial charge in [0, 0.05) is 35.3 Å². The molecule has 0 spiro atoms. The molecule has 6 nitrogen and oxygen atoms in total. The maximum absolute atomic E-state index is 14.8. The topological polar surface area (TPSA) is 102 Å². The number of nitrogens with one attached hydrogen (secondary N) is 2. The van der Waals surface area contributed by atoms with E-state index in [4.69, 9.17) is 5.26 Å². The Bertz CT molecular complexity index is 822. The highest BCUT2D eigenvalue weighted by Gasteiger charge is 2.50. The van der Waals surface area contributed by atoms with Gasteiger partial charge >= 0.3 is 0 Å². The summed E-state index contributed by atoms with van der Waals surface area (Å²) in [5.74, 6) is -1.48. The second-order valence-electron chi connectivity index (χ2n) is 10.1. The lowest BCUT2D eigenvalue weighted by molar-refractivity contribution is -0.125. The number of rotatable bonds is 6. The lowest BCUT2D eigenvalue weighted by Gasteiger charge is -2.45. The van der Waals surface area contributed by atoms with E-state index >= 15 is 0 Å². The van der Waals surface area contributed by atoms with Gasteiger partial charge in [0.1, 0.15) is 12.3 Å². The van der Waals surface area contributed by atoms with Crippen molar-refractivity contribution >= 4 is 11.8 Å². The van der Waals surface area contributed by atoms with Crippen LogP contribution >= 0.6 is 0 Å². The zero-order valence-corrected chi connectivity index (χ0v) is 18.5. The minimum absolute atomic E-state index is 0.0836. The summed E-state index contributed by atoms with van der Waals surface area (Å²) in [6.45, 7) is 1.44. The van der Waals surface area contributed by atoms with Crippen LogP contribution in [0.15, 0.2) is 11.1 Å². The van der Waals surface area contributed by atoms with Gasteiger partial charge in [-0.15, -0.1) is 0 Å². The number of amides is 2. The standard InChI is InChI=1S/C24H33F2N3O3/c1-12-16(24(32)29-19-7-6-17(25)23(22(12)19)14-3-4-14)9-21(31)28-20(11-30)15-5-2-13(10-27)8-18(15)26/h13-15,17-20,22-23,30H,2-9,11H2,1H3,(H,28,31)(H,29,32)/t13?,15?,17?,18?,19?,20-,22?,23?/m1/s1. The average Bonchev–Trinajstić information content (AvgIpc) is 3.60. The Balaban J connectivity index is 1.45. The third kappa shape index (κ3) is 4.54. The minimum atomic E-state index is -1.27. The molecule has 8 atom stereocenters. The summed E-state index contributed by atoms with van der Waals surface area (Å²) in [5, 5.41) is 24.5. The van der Waals surface area contributed by atoms with Gasteiger partial charge in [0.05, 0.1) is 25.1 Å². The van der Waals surface area contributed by atoms with Crippen LogP contribution in [0, 0.1) is 40.9 Å². The first-order valence-electron chi connectivity index (χ1n) is 11.9. The molecule has 0 radical (unpaired) electrons. The molecule has 3 saturated carbocycles. The number of nitrogens with zero attached hydrogens (tertiary/aromatic N) is 1. The number of carbonyl (C=O) groups excluding carboxylic acids is 2. The smallest absolute Gasteiger partial charge is 0.247 e. The van der Waals surface area contributed by atoms with Gasteiger partial charge in [0.2, 0.25) is 11.8 Å². The molecule has 3 fully saturated rings. The lowest BCUT2D eigenvalue weighted by Crippen LogP contribution is -2.54. The molecule has 1 aliphatic heterocycles. The van der Waals surface area contributed by atoms with Crippen molar-refractivity contribution in [3.05, 3.63) is 11.1 Å². The van der Waals surface area contributed by atoms with Gasteiger partial charge in [-0.3, -0.25) is 9.59 Å². The summed E-state index contributed by atoms with van der Waals surface area (Å²) in [5.41, 5.74) is 1.16. The van der Waals surface area contributed by atoms with Gasteiger partial charge in [-0.2, -0.15) is 5.26 Å². The van der Waals surface area contributed by atoms with E-state index in [9.17, 15) is 23.5 Å². The highest BCUT2D eigenvalue weighted by Crippen LogP contribution is 2.51. The van der Waals surface area contributed by atoms with Crippen molar-refractivity contribution in [1.82, 2.24) is 10.6 Å². The molecule has 7 unspecified atom stereocenters. The van der Waals surface area contributed by atoms with Gasteiger partial charge in [0.25, 0.3) is 0 Å². The van der Waals surface area contributed by atoms with Crippen LogP contribution < -0.4 is 10.6 Å². The number of carbonyl (C=O) groups is 2. The molecule has 2 amide bonds. The molecule has 3 aliphatic carbocycles. The number of hydrogen-bond acceptors (Lipinski definition) is 4. The maximum atomic E-state index is 14.8. The Morgan fingerprint density at radius 3 is 2.59 bits per heavy atom. The Hall–Kier alpha value is -2.01. The predicted octanol–water partition coefficient (Wildman–Crippen LogP) is 2.72. The first-order chi connectivity index (χ1) is 15.3. The third-order valence-corrected chi connectivity index (χ3v) is 8.15. The summed E-state index contributed by atoms with van der Waals surface area (Å²) in [6.07, 6.45) is 1.84. The summed E-state index contributed by atoms with van der Waals surface area (Å²) < 4.78 is 29.4. The normalized spacial score (nSPS) is 38.3. The van der Waals surface area contributed by atoms with E-state index in [1.807, 2.05) is 6.92 Å². The SMILES string of the molecule is CC1=C(CC(=O)N[C@H](CO)C2CCC(C#N)CC2F)C(=O)NC2CCC(F)C(C3CC3)C12. The van der Waals surface area contributed by atoms with Crippen molar-refractivity contribution in [2.45, 2.75) is 82.7 Å². The van der Waals surface area contributed by atoms with Crippen LogP contribution in [-0.4, -0.2) is 48.0 Å². The Morgan fingerprint density at radius 1 is 1.22 bits per heavy atom. The fraction of sp³-hybridized carbons (Fsp3) is 0.792. The second kappa shape index (κ2) is 9.46. The van der Waals surface area contributed by atoms with Crippen LogP contribution in [0.25, 0.3) is 0 Å². The molecule has 0 aromatic rings. The first-order valence-corrected chi connectivity index (χ1v) is 11.9. The van der Waals surface area contributed by atoms with Gasteiger partial charge in [-0.25, -0.2) is 8.78 Å². The quantitative estimate of drug-likeness (QED) is 0.580. The Morgan fingerprint density at radius 2 is 1.97 bits per heavy atom. The molecule has 176 valence electrons. The first kappa shape index (κ1) is 23.2. The number of aliphatic hydroxyl groups excluding tert-OH is 1. The molecule has 4 aliphatic rings. The number of fused-ring (bicyclic) bond motifs is 1. The molecule has 0 saturated heterocycles. The Kier molecular flexibility index (Phi) is 6.85. The average molecular weight is 450 g/mol. The van der Waals surface area contributed by atoms with Gasteiger partial charge in [0.15, 0.2) is 0 Å².